The molecule has 0 fully saturated rings. The summed E-state index contributed by atoms with van der Waals surface area (Å²) in [6, 6.07) is 5.49. The molecule has 0 spiro atoms. The van der Waals surface area contributed by atoms with E-state index < -0.39 is 4.92 Å². The molecule has 0 saturated heterocycles. The third kappa shape index (κ3) is 2.75. The van der Waals surface area contributed by atoms with Crippen molar-refractivity contribution in [2.45, 2.75) is 0 Å². The lowest BCUT2D eigenvalue weighted by Crippen LogP contribution is -2.03. The van der Waals surface area contributed by atoms with Crippen LogP contribution in [0.1, 0.15) is 0 Å². The molecular formula is C10H10N8O2. The summed E-state index contributed by atoms with van der Waals surface area (Å²) in [5, 5.41) is 18.2. The van der Waals surface area contributed by atoms with E-state index in [2.05, 4.69) is 20.2 Å². The van der Waals surface area contributed by atoms with Crippen LogP contribution in [0.4, 0.5) is 34.6 Å². The highest BCUT2D eigenvalue weighted by Gasteiger charge is 2.08. The lowest BCUT2D eigenvalue weighted by atomic mass is 10.3. The van der Waals surface area contributed by atoms with Crippen LogP contribution in [0.25, 0.3) is 0 Å². The molecule has 0 aliphatic heterocycles. The number of nitrogen functional groups attached to an aromatic ring is 3. The number of rotatable bonds is 3. The minimum absolute atomic E-state index is 0.000613. The van der Waals surface area contributed by atoms with Crippen molar-refractivity contribution in [3.05, 3.63) is 34.4 Å². The molecule has 0 unspecified atom stereocenters. The lowest BCUT2D eigenvalue weighted by Gasteiger charge is -2.02. The molecule has 0 amide bonds. The molecule has 0 aliphatic rings. The Bertz CT molecular complexity index is 659. The van der Waals surface area contributed by atoms with Gasteiger partial charge in [-0.15, -0.1) is 5.11 Å². The van der Waals surface area contributed by atoms with Gasteiger partial charge < -0.3 is 17.2 Å². The first kappa shape index (κ1) is 13.1. The minimum atomic E-state index is -0.509. The molecule has 2 aromatic rings. The zero-order valence-corrected chi connectivity index (χ0v) is 10.1. The van der Waals surface area contributed by atoms with E-state index in [1.54, 1.807) is 0 Å². The van der Waals surface area contributed by atoms with Gasteiger partial charge in [0, 0.05) is 12.1 Å². The summed E-state index contributed by atoms with van der Waals surface area (Å²) in [6.07, 6.45) is 0. The molecule has 0 saturated carbocycles. The monoisotopic (exact) mass is 274 g/mol. The van der Waals surface area contributed by atoms with Crippen LogP contribution < -0.4 is 17.2 Å². The number of nitro groups is 1. The number of hydrogen-bond donors (Lipinski definition) is 3. The van der Waals surface area contributed by atoms with Crippen LogP contribution in [0.2, 0.25) is 0 Å². The first-order chi connectivity index (χ1) is 9.47. The summed E-state index contributed by atoms with van der Waals surface area (Å²) in [4.78, 5) is 17.4. The quantitative estimate of drug-likeness (QED) is 0.432. The Balaban J connectivity index is 2.27. The number of nitro benzene ring substituents is 1. The number of nitrogens with zero attached hydrogens (tertiary/aromatic N) is 5. The summed E-state index contributed by atoms with van der Waals surface area (Å²) in [7, 11) is 0. The molecule has 10 heteroatoms. The van der Waals surface area contributed by atoms with Crippen LogP contribution in [0, 0.1) is 10.1 Å². The van der Waals surface area contributed by atoms with Crippen LogP contribution in [0.5, 0.6) is 0 Å². The van der Waals surface area contributed by atoms with Gasteiger partial charge in [0.2, 0.25) is 5.95 Å². The Hall–Kier alpha value is -3.30. The molecule has 0 atom stereocenters. The van der Waals surface area contributed by atoms with Gasteiger partial charge in [-0.25, -0.2) is 0 Å². The number of nitrogens with two attached hydrogens (primary N) is 3. The Morgan fingerprint density at radius 3 is 2.05 bits per heavy atom. The van der Waals surface area contributed by atoms with Crippen LogP contribution >= 0.6 is 0 Å². The summed E-state index contributed by atoms with van der Waals surface area (Å²) < 4.78 is 0. The third-order valence-corrected chi connectivity index (χ3v) is 2.28. The van der Waals surface area contributed by atoms with Gasteiger partial charge in [-0.1, -0.05) is 0 Å². The molecule has 0 aliphatic carbocycles. The van der Waals surface area contributed by atoms with Crippen molar-refractivity contribution in [1.82, 2.24) is 9.97 Å². The second kappa shape index (κ2) is 5.14. The topological polar surface area (TPSA) is 172 Å². The van der Waals surface area contributed by atoms with Crippen molar-refractivity contribution in [2.24, 2.45) is 10.2 Å². The van der Waals surface area contributed by atoms with Crippen LogP contribution in [-0.2, 0) is 0 Å². The van der Waals surface area contributed by atoms with E-state index in [0.29, 0.717) is 5.69 Å². The number of benzene rings is 1. The van der Waals surface area contributed by atoms with Crippen LogP contribution in [-0.4, -0.2) is 14.9 Å². The molecule has 1 heterocycles. The number of anilines is 3. The number of aromatic nitrogens is 2. The fourth-order valence-electron chi connectivity index (χ4n) is 1.36. The van der Waals surface area contributed by atoms with Gasteiger partial charge in [0.25, 0.3) is 5.69 Å². The Morgan fingerprint density at radius 1 is 1.00 bits per heavy atom. The maximum atomic E-state index is 10.5. The third-order valence-electron chi connectivity index (χ3n) is 2.28. The van der Waals surface area contributed by atoms with Crippen molar-refractivity contribution in [3.63, 3.8) is 0 Å². The number of azo groups is 1. The highest BCUT2D eigenvalue weighted by molar-refractivity contribution is 5.71. The standard InChI is InChI=1S/C10H10N8O2/c11-8-7(9(12)15-10(13)14-8)17-16-5-1-3-6(4-2-5)18(19)20/h1-4H,(H6,11,12,13,14,15). The molecule has 102 valence electrons. The molecule has 2 rings (SSSR count). The van der Waals surface area contributed by atoms with Gasteiger partial charge >= 0.3 is 0 Å². The SMILES string of the molecule is Nc1nc(N)c(N=Nc2ccc([N+](=O)[O-])cc2)c(N)n1. The smallest absolute Gasteiger partial charge is 0.269 e. The minimum Gasteiger partial charge on any atom is -0.382 e. The van der Waals surface area contributed by atoms with Gasteiger partial charge in [0.1, 0.15) is 0 Å². The fourth-order valence-corrected chi connectivity index (χ4v) is 1.36. The van der Waals surface area contributed by atoms with Gasteiger partial charge in [0.15, 0.2) is 17.3 Å². The zero-order chi connectivity index (χ0) is 14.7. The Morgan fingerprint density at radius 2 is 1.55 bits per heavy atom. The molecule has 10 nitrogen and oxygen atoms in total. The molecule has 6 N–H and O–H groups in total. The summed E-state index contributed by atoms with van der Waals surface area (Å²) >= 11 is 0. The molecule has 1 aromatic carbocycles. The maximum absolute atomic E-state index is 10.5. The van der Waals surface area contributed by atoms with Crippen molar-refractivity contribution in [3.8, 4) is 0 Å². The van der Waals surface area contributed by atoms with Crippen molar-refractivity contribution < 1.29 is 4.92 Å². The van der Waals surface area contributed by atoms with Crippen molar-refractivity contribution in [2.75, 3.05) is 17.2 Å². The van der Waals surface area contributed by atoms with Crippen LogP contribution in [0.3, 0.4) is 0 Å². The predicted octanol–water partition coefficient (Wildman–Crippen LogP) is 1.55. The molecule has 1 aromatic heterocycles. The number of hydrogen-bond acceptors (Lipinski definition) is 9. The van der Waals surface area contributed by atoms with E-state index in [4.69, 9.17) is 17.2 Å². The van der Waals surface area contributed by atoms with Gasteiger partial charge in [-0.3, -0.25) is 10.1 Å². The van der Waals surface area contributed by atoms with Crippen molar-refractivity contribution in [1.29, 1.82) is 0 Å². The van der Waals surface area contributed by atoms with E-state index in [0.717, 1.165) is 0 Å². The molecule has 20 heavy (non-hydrogen) atoms. The number of non-ortho nitro benzene ring substituents is 1. The molecule has 0 radical (unpaired) electrons. The Kier molecular flexibility index (Phi) is 3.37. The van der Waals surface area contributed by atoms with Gasteiger partial charge in [0.05, 0.1) is 10.6 Å². The van der Waals surface area contributed by atoms with E-state index in [1.165, 1.54) is 24.3 Å². The van der Waals surface area contributed by atoms with Crippen molar-refractivity contribution >= 4 is 34.6 Å². The van der Waals surface area contributed by atoms with Gasteiger partial charge in [-0.05, 0) is 12.1 Å². The fraction of sp³-hybridized carbons (Fsp3) is 0. The van der Waals surface area contributed by atoms with Gasteiger partial charge in [-0.2, -0.15) is 15.1 Å². The zero-order valence-electron chi connectivity index (χ0n) is 10.1. The summed E-state index contributed by atoms with van der Waals surface area (Å²) in [5.41, 5.74) is 17.0. The van der Waals surface area contributed by atoms with E-state index in [1.807, 2.05) is 0 Å². The maximum Gasteiger partial charge on any atom is 0.269 e. The average molecular weight is 274 g/mol. The predicted molar refractivity (Wildman–Crippen MR) is 72.5 cm³/mol. The summed E-state index contributed by atoms with van der Waals surface area (Å²) in [5.74, 6) is -0.0596. The van der Waals surface area contributed by atoms with Crippen LogP contribution in [0.15, 0.2) is 34.5 Å². The average Bonchev–Trinajstić information content (AvgIpc) is 2.38. The second-order valence-corrected chi connectivity index (χ2v) is 3.67. The highest BCUT2D eigenvalue weighted by atomic mass is 16.6. The molecular weight excluding hydrogens is 264 g/mol. The summed E-state index contributed by atoms with van der Waals surface area (Å²) in [6.45, 7) is 0. The normalized spacial score (nSPS) is 10.8. The lowest BCUT2D eigenvalue weighted by molar-refractivity contribution is -0.384. The van der Waals surface area contributed by atoms with E-state index in [9.17, 15) is 10.1 Å². The van der Waals surface area contributed by atoms with E-state index in [-0.39, 0.29) is 29.0 Å². The largest absolute Gasteiger partial charge is 0.382 e. The first-order valence-electron chi connectivity index (χ1n) is 5.32. The van der Waals surface area contributed by atoms with E-state index >= 15 is 0 Å². The Labute approximate surface area is 112 Å². The first-order valence-corrected chi connectivity index (χ1v) is 5.32. The molecule has 0 bridgehead atoms. The highest BCUT2D eigenvalue weighted by Crippen LogP contribution is 2.29. The second-order valence-electron chi connectivity index (χ2n) is 3.67.